The first-order chi connectivity index (χ1) is 12.5. The average molecular weight is 363 g/mol. The van der Waals surface area contributed by atoms with E-state index in [4.69, 9.17) is 14.2 Å². The Hall–Kier alpha value is -2.24. The second kappa shape index (κ2) is 10.0. The predicted octanol–water partition coefficient (Wildman–Crippen LogP) is 3.34. The normalized spacial score (nSPS) is 15.8. The highest BCUT2D eigenvalue weighted by Crippen LogP contribution is 2.28. The van der Waals surface area contributed by atoms with Crippen molar-refractivity contribution in [1.29, 1.82) is 0 Å². The molecular weight excluding hydrogens is 334 g/mol. The first-order valence-electron chi connectivity index (χ1n) is 9.34. The van der Waals surface area contributed by atoms with Crippen molar-refractivity contribution in [3.63, 3.8) is 0 Å². The van der Waals surface area contributed by atoms with E-state index in [2.05, 4.69) is 5.32 Å². The average Bonchev–Trinajstić information content (AvgIpc) is 2.67. The van der Waals surface area contributed by atoms with E-state index in [1.54, 1.807) is 25.1 Å². The van der Waals surface area contributed by atoms with Crippen molar-refractivity contribution in [2.75, 3.05) is 20.3 Å². The molecule has 0 spiro atoms. The molecular formula is C20H29NO5. The van der Waals surface area contributed by atoms with Crippen LogP contribution in [0, 0.1) is 5.92 Å². The molecule has 144 valence electrons. The van der Waals surface area contributed by atoms with E-state index in [0.29, 0.717) is 36.1 Å². The third-order valence-electron chi connectivity index (χ3n) is 4.64. The number of rotatable bonds is 8. The van der Waals surface area contributed by atoms with Crippen LogP contribution in [0.1, 0.15) is 56.3 Å². The highest BCUT2D eigenvalue weighted by molar-refractivity contribution is 5.92. The molecule has 1 fully saturated rings. The number of benzene rings is 1. The topological polar surface area (TPSA) is 73.9 Å². The molecule has 1 aromatic rings. The number of nitrogens with one attached hydrogen (secondary N) is 1. The number of carbonyl (C=O) groups excluding carboxylic acids is 2. The number of esters is 1. The van der Waals surface area contributed by atoms with Crippen molar-refractivity contribution in [1.82, 2.24) is 5.32 Å². The van der Waals surface area contributed by atoms with E-state index in [1.807, 2.05) is 6.92 Å². The molecule has 26 heavy (non-hydrogen) atoms. The molecule has 6 nitrogen and oxygen atoms in total. The lowest BCUT2D eigenvalue weighted by Gasteiger charge is -2.22. The van der Waals surface area contributed by atoms with E-state index in [1.165, 1.54) is 26.4 Å². The number of methoxy groups -OCH3 is 1. The highest BCUT2D eigenvalue weighted by Gasteiger charge is 2.21. The summed E-state index contributed by atoms with van der Waals surface area (Å²) in [6.45, 7) is 4.54. The summed E-state index contributed by atoms with van der Waals surface area (Å²) in [5.74, 6) is 0.725. The minimum atomic E-state index is -0.844. The third-order valence-corrected chi connectivity index (χ3v) is 4.64. The lowest BCUT2D eigenvalue weighted by molar-refractivity contribution is -0.129. The van der Waals surface area contributed by atoms with Crippen LogP contribution in [0.5, 0.6) is 11.5 Å². The molecule has 1 aliphatic rings. The van der Waals surface area contributed by atoms with Crippen LogP contribution in [-0.2, 0) is 9.53 Å². The third kappa shape index (κ3) is 5.64. The molecule has 1 saturated carbocycles. The van der Waals surface area contributed by atoms with Crippen LogP contribution >= 0.6 is 0 Å². The van der Waals surface area contributed by atoms with E-state index in [0.717, 1.165) is 12.8 Å². The summed E-state index contributed by atoms with van der Waals surface area (Å²) >= 11 is 0. The predicted molar refractivity (Wildman–Crippen MR) is 98.6 cm³/mol. The molecule has 0 heterocycles. The summed E-state index contributed by atoms with van der Waals surface area (Å²) in [5, 5.41) is 2.90. The van der Waals surface area contributed by atoms with E-state index in [-0.39, 0.29) is 5.91 Å². The Balaban J connectivity index is 1.89. The van der Waals surface area contributed by atoms with Crippen LogP contribution in [0.4, 0.5) is 0 Å². The van der Waals surface area contributed by atoms with Gasteiger partial charge in [0, 0.05) is 6.54 Å². The van der Waals surface area contributed by atoms with Gasteiger partial charge in [0.2, 0.25) is 0 Å². The monoisotopic (exact) mass is 363 g/mol. The summed E-state index contributed by atoms with van der Waals surface area (Å²) in [6.07, 6.45) is 5.20. The Bertz CT molecular complexity index is 610. The first kappa shape index (κ1) is 20.1. The molecule has 1 atom stereocenters. The number of carbonyl (C=O) groups is 2. The van der Waals surface area contributed by atoms with E-state index >= 15 is 0 Å². The van der Waals surface area contributed by atoms with Crippen LogP contribution in [-0.4, -0.2) is 38.2 Å². The largest absolute Gasteiger partial charge is 0.493 e. The second-order valence-corrected chi connectivity index (χ2v) is 6.60. The molecule has 1 aromatic carbocycles. The molecule has 0 bridgehead atoms. The fourth-order valence-electron chi connectivity index (χ4n) is 3.13. The fourth-order valence-corrected chi connectivity index (χ4v) is 3.13. The molecule has 6 heteroatoms. The van der Waals surface area contributed by atoms with Crippen molar-refractivity contribution < 1.29 is 23.8 Å². The summed E-state index contributed by atoms with van der Waals surface area (Å²) in [4.78, 5) is 24.5. The maximum absolute atomic E-state index is 12.3. The van der Waals surface area contributed by atoms with Gasteiger partial charge in [0.1, 0.15) is 0 Å². The number of hydrogen-bond donors (Lipinski definition) is 1. The van der Waals surface area contributed by atoms with Crippen LogP contribution in [0.3, 0.4) is 0 Å². The van der Waals surface area contributed by atoms with Crippen LogP contribution in [0.2, 0.25) is 0 Å². The second-order valence-electron chi connectivity index (χ2n) is 6.60. The summed E-state index contributed by atoms with van der Waals surface area (Å²) in [5.41, 5.74) is 0.321. The molecule has 0 aromatic heterocycles. The van der Waals surface area contributed by atoms with Gasteiger partial charge in [-0.2, -0.15) is 0 Å². The van der Waals surface area contributed by atoms with Gasteiger partial charge in [-0.1, -0.05) is 19.3 Å². The lowest BCUT2D eigenvalue weighted by atomic mass is 9.89. The van der Waals surface area contributed by atoms with Gasteiger partial charge in [-0.05, 0) is 50.8 Å². The maximum atomic E-state index is 12.3. The Morgan fingerprint density at radius 3 is 2.58 bits per heavy atom. The minimum Gasteiger partial charge on any atom is -0.493 e. The van der Waals surface area contributed by atoms with Gasteiger partial charge in [0.05, 0.1) is 19.3 Å². The van der Waals surface area contributed by atoms with Gasteiger partial charge in [-0.3, -0.25) is 4.79 Å². The lowest BCUT2D eigenvalue weighted by Crippen LogP contribution is -2.38. The molecule has 0 aliphatic heterocycles. The van der Waals surface area contributed by atoms with Crippen molar-refractivity contribution >= 4 is 11.9 Å². The van der Waals surface area contributed by atoms with Crippen LogP contribution in [0.15, 0.2) is 18.2 Å². The Kier molecular flexibility index (Phi) is 7.75. The highest BCUT2D eigenvalue weighted by atomic mass is 16.5. The molecule has 1 N–H and O–H groups in total. The summed E-state index contributed by atoms with van der Waals surface area (Å²) < 4.78 is 16.0. The molecule has 2 rings (SSSR count). The van der Waals surface area contributed by atoms with Crippen molar-refractivity contribution in [3.05, 3.63) is 23.8 Å². The van der Waals surface area contributed by atoms with E-state index < -0.39 is 12.1 Å². The zero-order chi connectivity index (χ0) is 18.9. The Morgan fingerprint density at radius 2 is 1.92 bits per heavy atom. The summed E-state index contributed by atoms with van der Waals surface area (Å²) in [7, 11) is 1.54. The van der Waals surface area contributed by atoms with Gasteiger partial charge in [0.15, 0.2) is 17.6 Å². The summed E-state index contributed by atoms with van der Waals surface area (Å²) in [6, 6.07) is 4.81. The number of ether oxygens (including phenoxy) is 3. The van der Waals surface area contributed by atoms with Crippen molar-refractivity contribution in [2.24, 2.45) is 5.92 Å². The molecule has 0 unspecified atom stereocenters. The van der Waals surface area contributed by atoms with Crippen LogP contribution < -0.4 is 14.8 Å². The maximum Gasteiger partial charge on any atom is 0.339 e. The van der Waals surface area contributed by atoms with Crippen molar-refractivity contribution in [2.45, 2.75) is 52.1 Å². The number of amides is 1. The zero-order valence-electron chi connectivity index (χ0n) is 15.9. The van der Waals surface area contributed by atoms with Gasteiger partial charge in [-0.15, -0.1) is 0 Å². The minimum absolute atomic E-state index is 0.262. The quantitative estimate of drug-likeness (QED) is 0.717. The zero-order valence-corrected chi connectivity index (χ0v) is 15.9. The number of hydrogen-bond acceptors (Lipinski definition) is 5. The Labute approximate surface area is 155 Å². The molecule has 1 amide bonds. The fraction of sp³-hybridized carbons (Fsp3) is 0.600. The van der Waals surface area contributed by atoms with Crippen LogP contribution in [0.25, 0.3) is 0 Å². The van der Waals surface area contributed by atoms with Gasteiger partial charge in [0.25, 0.3) is 5.91 Å². The van der Waals surface area contributed by atoms with Gasteiger partial charge in [-0.25, -0.2) is 4.79 Å². The van der Waals surface area contributed by atoms with Crippen molar-refractivity contribution in [3.8, 4) is 11.5 Å². The van der Waals surface area contributed by atoms with E-state index in [9.17, 15) is 9.59 Å². The standard InChI is InChI=1S/C20H29NO5/c1-4-25-18-12-16(10-11-17(18)24-3)20(23)26-14(2)19(22)21-13-15-8-6-5-7-9-15/h10-12,14-15H,4-9,13H2,1-3H3,(H,21,22)/t14-/m1/s1. The molecule has 0 radical (unpaired) electrons. The molecule has 1 aliphatic carbocycles. The van der Waals surface area contributed by atoms with Gasteiger partial charge < -0.3 is 19.5 Å². The first-order valence-corrected chi connectivity index (χ1v) is 9.34. The Morgan fingerprint density at radius 1 is 1.19 bits per heavy atom. The SMILES string of the molecule is CCOc1cc(C(=O)O[C@H](C)C(=O)NCC2CCCCC2)ccc1OC. The van der Waals surface area contributed by atoms with Gasteiger partial charge >= 0.3 is 5.97 Å². The molecule has 0 saturated heterocycles. The smallest absolute Gasteiger partial charge is 0.339 e.